The molecule has 2 nitrogen and oxygen atoms in total. The van der Waals surface area contributed by atoms with E-state index in [1.54, 1.807) is 11.8 Å². The van der Waals surface area contributed by atoms with Crippen molar-refractivity contribution in [2.45, 2.75) is 18.4 Å². The van der Waals surface area contributed by atoms with E-state index in [0.717, 1.165) is 28.3 Å². The molecule has 0 bridgehead atoms. The number of thioether (sulfide) groups is 1. The maximum absolute atomic E-state index is 6.55. The molecule has 0 N–H and O–H groups in total. The van der Waals surface area contributed by atoms with Crippen LogP contribution < -0.4 is 21.3 Å². The van der Waals surface area contributed by atoms with E-state index in [1.165, 1.54) is 15.9 Å². The Bertz CT molecular complexity index is 1280. The first-order valence-electron chi connectivity index (χ1n) is 11.7. The highest BCUT2D eigenvalue weighted by Gasteiger charge is 2.52. The normalized spacial score (nSPS) is 11.5. The van der Waals surface area contributed by atoms with E-state index < -0.39 is 7.26 Å². The molecule has 0 fully saturated rings. The highest BCUT2D eigenvalue weighted by molar-refractivity contribution is 8.04. The van der Waals surface area contributed by atoms with E-state index in [9.17, 15) is 0 Å². The van der Waals surface area contributed by atoms with Crippen LogP contribution in [0.4, 0.5) is 0 Å². The first kappa shape index (κ1) is 23.9. The molecule has 0 amide bonds. The van der Waals surface area contributed by atoms with Crippen molar-refractivity contribution in [3.8, 4) is 11.5 Å². The Morgan fingerprint density at radius 2 is 1.20 bits per heavy atom. The minimum atomic E-state index is -2.34. The highest BCUT2D eigenvalue weighted by Crippen LogP contribution is 2.56. The number of nitrogens with zero attached hydrogens (tertiary/aromatic N) is 1. The van der Waals surface area contributed by atoms with Crippen molar-refractivity contribution in [1.82, 2.24) is 4.98 Å². The Kier molecular flexibility index (Phi) is 7.39. The molecule has 5 rings (SSSR count). The number of hydrogen-bond acceptors (Lipinski definition) is 3. The molecule has 0 aliphatic heterocycles. The lowest BCUT2D eigenvalue weighted by Gasteiger charge is -2.25. The van der Waals surface area contributed by atoms with Gasteiger partial charge in [-0.25, -0.2) is 0 Å². The number of hydrogen-bond donors (Lipinski definition) is 0. The van der Waals surface area contributed by atoms with Crippen molar-refractivity contribution in [2.24, 2.45) is 0 Å². The van der Waals surface area contributed by atoms with Crippen LogP contribution in [0.25, 0.3) is 11.5 Å². The molecule has 0 aliphatic carbocycles. The van der Waals surface area contributed by atoms with Gasteiger partial charge in [-0.2, -0.15) is 4.98 Å². The molecule has 5 heteroatoms. The van der Waals surface area contributed by atoms with E-state index in [0.29, 0.717) is 10.9 Å². The van der Waals surface area contributed by atoms with E-state index >= 15 is 0 Å². The van der Waals surface area contributed by atoms with Crippen LogP contribution in [-0.4, -0.2) is 10.7 Å². The second kappa shape index (κ2) is 10.8. The third kappa shape index (κ3) is 4.69. The fourth-order valence-corrected chi connectivity index (χ4v) is 9.76. The number of oxazole rings is 1. The number of aromatic nitrogens is 1. The first-order chi connectivity index (χ1) is 17.2. The molecule has 1 aromatic heterocycles. The largest absolute Gasteiger partial charge is 0.425 e. The van der Waals surface area contributed by atoms with Gasteiger partial charge in [0.05, 0.1) is 0 Å². The predicted molar refractivity (Wildman–Crippen MR) is 153 cm³/mol. The molecule has 35 heavy (non-hydrogen) atoms. The van der Waals surface area contributed by atoms with Gasteiger partial charge in [-0.05, 0) is 67.1 Å². The fourth-order valence-electron chi connectivity index (χ4n) is 4.28. The number of rotatable bonds is 8. The van der Waals surface area contributed by atoms with Crippen LogP contribution in [0, 0.1) is 0 Å². The fraction of sp³-hybridized carbons (Fsp3) is 0.100. The lowest BCUT2D eigenvalue weighted by atomic mass is 10.2. The second-order valence-electron chi connectivity index (χ2n) is 8.16. The van der Waals surface area contributed by atoms with Crippen molar-refractivity contribution < 1.29 is 4.42 Å². The van der Waals surface area contributed by atoms with Gasteiger partial charge in [0.1, 0.15) is 15.9 Å². The molecule has 5 aromatic rings. The third-order valence-electron chi connectivity index (χ3n) is 5.86. The molecule has 1 heterocycles. The molecule has 0 radical (unpaired) electrons. The summed E-state index contributed by atoms with van der Waals surface area (Å²) in [5.41, 5.74) is 1.94. The molecular weight excluding hydrogens is 489 g/mol. The van der Waals surface area contributed by atoms with Gasteiger partial charge in [0.15, 0.2) is 7.26 Å². The van der Waals surface area contributed by atoms with Gasteiger partial charge in [-0.3, -0.25) is 0 Å². The average Bonchev–Trinajstić information content (AvgIpc) is 3.34. The lowest BCUT2D eigenvalue weighted by Crippen LogP contribution is -2.40. The molecule has 4 aromatic carbocycles. The van der Waals surface area contributed by atoms with Gasteiger partial charge in [0, 0.05) is 16.3 Å². The van der Waals surface area contributed by atoms with Crippen molar-refractivity contribution >= 4 is 52.0 Å². The Morgan fingerprint density at radius 1 is 0.714 bits per heavy atom. The number of benzene rings is 4. The van der Waals surface area contributed by atoms with Gasteiger partial charge in [0.2, 0.25) is 11.0 Å². The summed E-state index contributed by atoms with van der Waals surface area (Å²) < 4.78 is 6.55. The van der Waals surface area contributed by atoms with Crippen LogP contribution in [0.15, 0.2) is 125 Å². The smallest absolute Gasteiger partial charge is 0.251 e. The summed E-state index contributed by atoms with van der Waals surface area (Å²) in [5.74, 6) is 1.59. The predicted octanol–water partition coefficient (Wildman–Crippen LogP) is 7.12. The van der Waals surface area contributed by atoms with Crippen LogP contribution in [0.5, 0.6) is 0 Å². The summed E-state index contributed by atoms with van der Waals surface area (Å²) >= 11 is 7.92. The van der Waals surface area contributed by atoms with Crippen molar-refractivity contribution in [3.05, 3.63) is 120 Å². The van der Waals surface area contributed by atoms with Crippen molar-refractivity contribution in [3.63, 3.8) is 0 Å². The van der Waals surface area contributed by atoms with Crippen molar-refractivity contribution in [1.29, 1.82) is 0 Å². The van der Waals surface area contributed by atoms with Crippen LogP contribution in [-0.2, 0) is 0 Å². The summed E-state index contributed by atoms with van der Waals surface area (Å²) in [5, 5.41) is 5.35. The highest BCUT2D eigenvalue weighted by atomic mass is 35.5. The van der Waals surface area contributed by atoms with Gasteiger partial charge in [-0.15, -0.1) is 0 Å². The SMILES string of the molecule is CCCSc1oc(-c2ccc(Cl)cc2)nc1[P+](c1ccccc1)(c1ccccc1)c1ccccc1. The summed E-state index contributed by atoms with van der Waals surface area (Å²) in [7, 11) is -2.34. The Balaban J connectivity index is 1.86. The maximum atomic E-state index is 6.55. The zero-order valence-corrected chi connectivity index (χ0v) is 21.9. The molecule has 0 aliphatic rings. The van der Waals surface area contributed by atoms with Gasteiger partial charge >= 0.3 is 0 Å². The van der Waals surface area contributed by atoms with Gasteiger partial charge in [0.25, 0.3) is 5.44 Å². The summed E-state index contributed by atoms with van der Waals surface area (Å²) in [6.45, 7) is 2.19. The van der Waals surface area contributed by atoms with E-state index in [-0.39, 0.29) is 0 Å². The minimum absolute atomic E-state index is 0.627. The van der Waals surface area contributed by atoms with Crippen molar-refractivity contribution in [2.75, 3.05) is 5.75 Å². The quantitative estimate of drug-likeness (QED) is 0.163. The van der Waals surface area contributed by atoms with Crippen LogP contribution in [0.1, 0.15) is 13.3 Å². The summed E-state index contributed by atoms with van der Waals surface area (Å²) in [4.78, 5) is 5.28. The topological polar surface area (TPSA) is 26.0 Å². The lowest BCUT2D eigenvalue weighted by molar-refractivity contribution is 0.487. The Hall–Kier alpha value is -2.84. The third-order valence-corrected chi connectivity index (χ3v) is 11.6. The number of halogens is 1. The van der Waals surface area contributed by atoms with Gasteiger partial charge < -0.3 is 4.42 Å². The summed E-state index contributed by atoms with van der Waals surface area (Å²) in [6.07, 6.45) is 1.05. The Labute approximate surface area is 216 Å². The van der Waals surface area contributed by atoms with E-state index in [1.807, 2.05) is 24.3 Å². The first-order valence-corrected chi connectivity index (χ1v) is 14.8. The molecule has 0 atom stereocenters. The molecule has 0 unspecified atom stereocenters. The molecule has 0 saturated heterocycles. The molecule has 0 spiro atoms. The average molecular weight is 515 g/mol. The van der Waals surface area contributed by atoms with Crippen LogP contribution >= 0.6 is 30.6 Å². The maximum Gasteiger partial charge on any atom is 0.251 e. The van der Waals surface area contributed by atoms with Crippen LogP contribution in [0.2, 0.25) is 5.02 Å². The molecule has 0 saturated carbocycles. The zero-order chi connectivity index (χ0) is 24.1. The Morgan fingerprint density at radius 3 is 1.66 bits per heavy atom. The van der Waals surface area contributed by atoms with Crippen LogP contribution in [0.3, 0.4) is 0 Å². The van der Waals surface area contributed by atoms with Gasteiger partial charge in [-0.1, -0.05) is 84.9 Å². The monoisotopic (exact) mass is 514 g/mol. The standard InChI is InChI=1S/C30H26ClNOPS/c1-2-22-35-30-29(32-28(33-30)23-18-20-24(31)21-19-23)34(25-12-6-3-7-13-25,26-14-8-4-9-15-26)27-16-10-5-11-17-27/h3-21H,2,22H2,1H3/q+1. The summed E-state index contributed by atoms with van der Waals surface area (Å²) in [6, 6.07) is 40.1. The minimum Gasteiger partial charge on any atom is -0.425 e. The molecular formula is C30H26ClNOPS+. The van der Waals surface area contributed by atoms with E-state index in [4.69, 9.17) is 21.0 Å². The zero-order valence-electron chi connectivity index (χ0n) is 19.5. The second-order valence-corrected chi connectivity index (χ2v) is 13.0. The van der Waals surface area contributed by atoms with E-state index in [2.05, 4.69) is 97.9 Å². The molecule has 174 valence electrons.